The van der Waals surface area contributed by atoms with E-state index in [9.17, 15) is 13.2 Å². The van der Waals surface area contributed by atoms with Crippen molar-refractivity contribution >= 4 is 32.9 Å². The molecule has 6 heteroatoms. The van der Waals surface area contributed by atoms with Crippen LogP contribution in [-0.4, -0.2) is 43.8 Å². The van der Waals surface area contributed by atoms with Crippen molar-refractivity contribution in [3.05, 3.63) is 40.9 Å². The predicted molar refractivity (Wildman–Crippen MR) is 87.3 cm³/mol. The molecule has 0 aromatic heterocycles. The quantitative estimate of drug-likeness (QED) is 0.794. The zero-order valence-electron chi connectivity index (χ0n) is 12.3. The van der Waals surface area contributed by atoms with E-state index in [2.05, 4.69) is 0 Å². The third-order valence-electron chi connectivity index (χ3n) is 4.44. The normalized spacial score (nSPS) is 22.1. The minimum Gasteiger partial charge on any atom is -0.338 e. The molecule has 0 atom stereocenters. The number of hydrogen-bond donors (Lipinski definition) is 0. The van der Waals surface area contributed by atoms with Gasteiger partial charge in [0, 0.05) is 24.2 Å². The van der Waals surface area contributed by atoms with Gasteiger partial charge in [-0.3, -0.25) is 4.79 Å². The van der Waals surface area contributed by atoms with E-state index >= 15 is 0 Å². The minimum atomic E-state index is -2.78. The third-order valence-corrected chi connectivity index (χ3v) is 6.55. The van der Waals surface area contributed by atoms with E-state index in [-0.39, 0.29) is 23.3 Å². The van der Waals surface area contributed by atoms with Gasteiger partial charge in [-0.1, -0.05) is 23.7 Å². The Hall–Kier alpha value is -1.33. The Labute approximate surface area is 135 Å². The van der Waals surface area contributed by atoms with Gasteiger partial charge in [-0.2, -0.15) is 0 Å². The number of likely N-dealkylation sites (tertiary alicyclic amines) is 1. The Kier molecular flexibility index (Phi) is 4.03. The molecule has 0 radical (unpaired) electrons. The molecule has 0 aliphatic carbocycles. The predicted octanol–water partition coefficient (Wildman–Crippen LogP) is 2.25. The van der Waals surface area contributed by atoms with E-state index in [1.54, 1.807) is 17.0 Å². The third kappa shape index (κ3) is 3.20. The van der Waals surface area contributed by atoms with Gasteiger partial charge in [-0.05, 0) is 42.0 Å². The van der Waals surface area contributed by atoms with Crippen molar-refractivity contribution < 1.29 is 13.2 Å². The molecule has 1 amide bonds. The van der Waals surface area contributed by atoms with Gasteiger partial charge in [0.05, 0.1) is 11.5 Å². The number of halogens is 1. The van der Waals surface area contributed by atoms with E-state index in [0.29, 0.717) is 24.0 Å². The molecule has 118 valence electrons. The Balaban J connectivity index is 1.56. The molecule has 2 fully saturated rings. The lowest BCUT2D eigenvalue weighted by Crippen LogP contribution is -2.57. The maximum atomic E-state index is 12.2. The summed E-state index contributed by atoms with van der Waals surface area (Å²) in [5.74, 6) is 1.14. The van der Waals surface area contributed by atoms with Crippen molar-refractivity contribution in [1.29, 1.82) is 0 Å². The van der Waals surface area contributed by atoms with Gasteiger partial charge < -0.3 is 4.90 Å². The first-order valence-electron chi connectivity index (χ1n) is 7.27. The highest BCUT2D eigenvalue weighted by Gasteiger charge is 2.44. The Bertz CT molecular complexity index is 724. The van der Waals surface area contributed by atoms with Gasteiger partial charge in [-0.15, -0.1) is 0 Å². The van der Waals surface area contributed by atoms with Gasteiger partial charge in [0.1, 0.15) is 0 Å². The fraction of sp³-hybridized carbons (Fsp3) is 0.438. The van der Waals surface area contributed by atoms with Crippen molar-refractivity contribution in [3.8, 4) is 0 Å². The molecule has 1 aromatic rings. The molecule has 4 nitrogen and oxygen atoms in total. The number of rotatable bonds is 3. The first-order chi connectivity index (χ1) is 10.3. The van der Waals surface area contributed by atoms with Gasteiger partial charge in [0.25, 0.3) is 0 Å². The lowest BCUT2D eigenvalue weighted by atomic mass is 9.87. The van der Waals surface area contributed by atoms with E-state index in [1.165, 1.54) is 0 Å². The van der Waals surface area contributed by atoms with Crippen molar-refractivity contribution in [2.75, 3.05) is 24.6 Å². The minimum absolute atomic E-state index is 0.0177. The molecule has 3 rings (SSSR count). The van der Waals surface area contributed by atoms with Crippen molar-refractivity contribution in [2.24, 2.45) is 11.8 Å². The maximum absolute atomic E-state index is 12.2. The van der Waals surface area contributed by atoms with Crippen LogP contribution in [0, 0.1) is 11.8 Å². The van der Waals surface area contributed by atoms with Crippen LogP contribution in [0.4, 0.5) is 0 Å². The molecule has 0 spiro atoms. The van der Waals surface area contributed by atoms with Crippen LogP contribution >= 0.6 is 11.6 Å². The molecule has 0 N–H and O–H groups in total. The number of amides is 1. The number of benzene rings is 1. The molecule has 2 heterocycles. The summed E-state index contributed by atoms with van der Waals surface area (Å²) in [6.07, 6.45) is 1.62. The number of hydrogen-bond acceptors (Lipinski definition) is 3. The molecule has 2 aliphatic heterocycles. The average Bonchev–Trinajstić information content (AvgIpc) is 2.34. The second kappa shape index (κ2) is 5.70. The maximum Gasteiger partial charge on any atom is 0.246 e. The summed E-state index contributed by atoms with van der Waals surface area (Å²) in [4.78, 5) is 14.0. The van der Waals surface area contributed by atoms with Crippen LogP contribution in [0.15, 0.2) is 30.3 Å². The summed E-state index contributed by atoms with van der Waals surface area (Å²) >= 11 is 5.95. The molecule has 2 saturated heterocycles. The van der Waals surface area contributed by atoms with Crippen molar-refractivity contribution in [2.45, 2.75) is 6.92 Å². The summed E-state index contributed by atoms with van der Waals surface area (Å²) in [7, 11) is -2.78. The second-order valence-corrected chi connectivity index (χ2v) is 8.77. The smallest absolute Gasteiger partial charge is 0.246 e. The molecule has 0 saturated carbocycles. The summed E-state index contributed by atoms with van der Waals surface area (Å²) in [5.41, 5.74) is 1.81. The van der Waals surface area contributed by atoms with Crippen LogP contribution in [0.3, 0.4) is 0 Å². The zero-order valence-corrected chi connectivity index (χ0v) is 13.9. The van der Waals surface area contributed by atoms with Crippen molar-refractivity contribution in [3.63, 3.8) is 0 Å². The number of carbonyl (C=O) groups excluding carboxylic acids is 1. The van der Waals surface area contributed by atoms with E-state index in [4.69, 9.17) is 11.6 Å². The van der Waals surface area contributed by atoms with Crippen LogP contribution in [0.25, 0.3) is 5.57 Å². The zero-order chi connectivity index (χ0) is 15.9. The lowest BCUT2D eigenvalue weighted by molar-refractivity contribution is -0.133. The molecular weight excluding hydrogens is 322 g/mol. The van der Waals surface area contributed by atoms with E-state index in [1.807, 2.05) is 25.1 Å². The number of nitrogens with zero attached hydrogens (tertiary/aromatic N) is 1. The van der Waals surface area contributed by atoms with Gasteiger partial charge in [0.2, 0.25) is 5.91 Å². The molecular formula is C16H18ClNO3S. The fourth-order valence-corrected chi connectivity index (χ4v) is 4.90. The van der Waals surface area contributed by atoms with Crippen LogP contribution in [0.2, 0.25) is 5.02 Å². The van der Waals surface area contributed by atoms with Crippen LogP contribution in [-0.2, 0) is 14.6 Å². The lowest BCUT2D eigenvalue weighted by Gasteiger charge is -2.45. The Morgan fingerprint density at radius 3 is 2.55 bits per heavy atom. The number of carbonyl (C=O) groups is 1. The first kappa shape index (κ1) is 15.6. The van der Waals surface area contributed by atoms with Crippen LogP contribution in [0.1, 0.15) is 12.5 Å². The van der Waals surface area contributed by atoms with Crippen LogP contribution < -0.4 is 0 Å². The highest BCUT2D eigenvalue weighted by molar-refractivity contribution is 7.92. The number of allylic oxidation sites excluding steroid dienone is 1. The van der Waals surface area contributed by atoms with Gasteiger partial charge in [-0.25, -0.2) is 8.42 Å². The average molecular weight is 340 g/mol. The highest BCUT2D eigenvalue weighted by Crippen LogP contribution is 2.33. The molecule has 0 bridgehead atoms. The van der Waals surface area contributed by atoms with Gasteiger partial charge in [0.15, 0.2) is 9.84 Å². The second-order valence-electron chi connectivity index (χ2n) is 6.18. The van der Waals surface area contributed by atoms with E-state index in [0.717, 1.165) is 11.1 Å². The summed E-state index contributed by atoms with van der Waals surface area (Å²) in [6, 6.07) is 7.41. The Morgan fingerprint density at radius 1 is 1.27 bits per heavy atom. The molecule has 2 aliphatic rings. The fourth-order valence-electron chi connectivity index (χ4n) is 2.96. The monoisotopic (exact) mass is 339 g/mol. The standard InChI is InChI=1S/C16H18ClNO3S/c1-11(12-3-2-4-15(17)6-12)5-16(19)18-7-13(8-18)14-9-22(20,21)10-14/h2-6,13-14H,7-10H2,1H3. The van der Waals surface area contributed by atoms with Gasteiger partial charge >= 0.3 is 0 Å². The number of sulfone groups is 1. The molecule has 22 heavy (non-hydrogen) atoms. The molecule has 0 unspecified atom stereocenters. The molecule has 1 aromatic carbocycles. The topological polar surface area (TPSA) is 54.5 Å². The largest absolute Gasteiger partial charge is 0.338 e. The SMILES string of the molecule is CC(=CC(=O)N1CC(C2CS(=O)(=O)C2)C1)c1cccc(Cl)c1. The summed E-state index contributed by atoms with van der Waals surface area (Å²) in [6.45, 7) is 3.22. The summed E-state index contributed by atoms with van der Waals surface area (Å²) in [5, 5.41) is 0.646. The summed E-state index contributed by atoms with van der Waals surface area (Å²) < 4.78 is 22.4. The first-order valence-corrected chi connectivity index (χ1v) is 9.47. The van der Waals surface area contributed by atoms with E-state index < -0.39 is 9.84 Å². The Morgan fingerprint density at radius 2 is 1.95 bits per heavy atom. The van der Waals surface area contributed by atoms with Crippen LogP contribution in [0.5, 0.6) is 0 Å². The van der Waals surface area contributed by atoms with Crippen molar-refractivity contribution in [1.82, 2.24) is 4.90 Å². The highest BCUT2D eigenvalue weighted by atomic mass is 35.5.